The summed E-state index contributed by atoms with van der Waals surface area (Å²) < 4.78 is 0. The first kappa shape index (κ1) is 12.7. The normalized spacial score (nSPS) is 15.5. The zero-order valence-electron chi connectivity index (χ0n) is 10.7. The first-order chi connectivity index (χ1) is 8.79. The molecule has 0 amide bonds. The van der Waals surface area contributed by atoms with Gasteiger partial charge in [0.15, 0.2) is 0 Å². The maximum absolute atomic E-state index is 8.79. The largest absolute Gasteiger partial charge is 0.398 e. The van der Waals surface area contributed by atoms with Crippen molar-refractivity contribution in [3.05, 3.63) is 23.8 Å². The van der Waals surface area contributed by atoms with E-state index in [-0.39, 0.29) is 0 Å². The smallest absolute Gasteiger partial charge is 0.101 e. The molecular formula is C14H20N4. The standard InChI is InChI=1S/C14H20N4/c15-11-12-4-5-13(10-14(12)16)17-6-3-9-18-7-1-2-8-18/h4-5,10,17H,1-3,6-9,16H2. The first-order valence-corrected chi connectivity index (χ1v) is 6.55. The molecule has 96 valence electrons. The number of benzene rings is 1. The molecule has 1 fully saturated rings. The van der Waals surface area contributed by atoms with Gasteiger partial charge in [-0.05, 0) is 57.1 Å². The molecule has 18 heavy (non-hydrogen) atoms. The van der Waals surface area contributed by atoms with Gasteiger partial charge in [0.2, 0.25) is 0 Å². The van der Waals surface area contributed by atoms with E-state index in [2.05, 4.69) is 16.3 Å². The molecule has 0 unspecified atom stereocenters. The van der Waals surface area contributed by atoms with Crippen molar-refractivity contribution in [1.82, 2.24) is 4.90 Å². The molecule has 0 bridgehead atoms. The number of rotatable bonds is 5. The lowest BCUT2D eigenvalue weighted by molar-refractivity contribution is 0.337. The van der Waals surface area contributed by atoms with Crippen LogP contribution in [0.2, 0.25) is 0 Å². The van der Waals surface area contributed by atoms with Gasteiger partial charge in [0, 0.05) is 12.2 Å². The molecule has 1 heterocycles. The minimum absolute atomic E-state index is 0.539. The van der Waals surface area contributed by atoms with Gasteiger partial charge in [-0.25, -0.2) is 0 Å². The number of nitrogen functional groups attached to an aromatic ring is 1. The highest BCUT2D eigenvalue weighted by Gasteiger charge is 2.09. The van der Waals surface area contributed by atoms with Crippen LogP contribution in [-0.2, 0) is 0 Å². The predicted octanol–water partition coefficient (Wildman–Crippen LogP) is 2.04. The molecule has 1 aromatic carbocycles. The summed E-state index contributed by atoms with van der Waals surface area (Å²) in [5.74, 6) is 0. The van der Waals surface area contributed by atoms with Crippen LogP contribution in [0.25, 0.3) is 0 Å². The Balaban J connectivity index is 1.73. The van der Waals surface area contributed by atoms with Crippen molar-refractivity contribution >= 4 is 11.4 Å². The molecule has 0 aliphatic carbocycles. The average molecular weight is 244 g/mol. The maximum Gasteiger partial charge on any atom is 0.101 e. The van der Waals surface area contributed by atoms with Gasteiger partial charge in [-0.2, -0.15) is 5.26 Å². The topological polar surface area (TPSA) is 65.1 Å². The molecule has 0 spiro atoms. The van der Waals surface area contributed by atoms with E-state index < -0.39 is 0 Å². The van der Waals surface area contributed by atoms with Crippen LogP contribution in [0.15, 0.2) is 18.2 Å². The lowest BCUT2D eigenvalue weighted by atomic mass is 10.2. The molecule has 0 aromatic heterocycles. The van der Waals surface area contributed by atoms with Crippen LogP contribution < -0.4 is 11.1 Å². The highest BCUT2D eigenvalue weighted by atomic mass is 15.1. The fourth-order valence-corrected chi connectivity index (χ4v) is 2.32. The quantitative estimate of drug-likeness (QED) is 0.614. The number of nitrogens with one attached hydrogen (secondary N) is 1. The van der Waals surface area contributed by atoms with Crippen molar-refractivity contribution in [3.8, 4) is 6.07 Å². The second kappa shape index (κ2) is 6.27. The van der Waals surface area contributed by atoms with Crippen LogP contribution in [0.5, 0.6) is 0 Å². The molecule has 1 aliphatic heterocycles. The molecule has 1 aliphatic rings. The number of anilines is 2. The first-order valence-electron chi connectivity index (χ1n) is 6.55. The van der Waals surface area contributed by atoms with E-state index in [1.54, 1.807) is 6.07 Å². The fraction of sp³-hybridized carbons (Fsp3) is 0.500. The van der Waals surface area contributed by atoms with Gasteiger partial charge in [-0.1, -0.05) is 0 Å². The third kappa shape index (κ3) is 3.38. The summed E-state index contributed by atoms with van der Waals surface area (Å²) in [4.78, 5) is 2.51. The van der Waals surface area contributed by atoms with Gasteiger partial charge in [0.25, 0.3) is 0 Å². The lowest BCUT2D eigenvalue weighted by Gasteiger charge is -2.14. The summed E-state index contributed by atoms with van der Waals surface area (Å²) in [5, 5.41) is 12.1. The molecule has 4 nitrogen and oxygen atoms in total. The molecule has 0 radical (unpaired) electrons. The molecule has 1 saturated heterocycles. The van der Waals surface area contributed by atoms with Gasteiger partial charge >= 0.3 is 0 Å². The van der Waals surface area contributed by atoms with Crippen molar-refractivity contribution < 1.29 is 0 Å². The van der Waals surface area contributed by atoms with Crippen LogP contribution in [0.4, 0.5) is 11.4 Å². The maximum atomic E-state index is 8.79. The summed E-state index contributed by atoms with van der Waals surface area (Å²) in [6.45, 7) is 4.62. The molecule has 0 atom stereocenters. The van der Waals surface area contributed by atoms with E-state index in [9.17, 15) is 0 Å². The third-order valence-electron chi connectivity index (χ3n) is 3.35. The summed E-state index contributed by atoms with van der Waals surface area (Å²) in [6.07, 6.45) is 3.83. The van der Waals surface area contributed by atoms with E-state index in [1.165, 1.54) is 32.5 Å². The molecule has 4 heteroatoms. The van der Waals surface area contributed by atoms with Gasteiger partial charge in [-0.3, -0.25) is 0 Å². The minimum Gasteiger partial charge on any atom is -0.398 e. The minimum atomic E-state index is 0.539. The van der Waals surface area contributed by atoms with Crippen molar-refractivity contribution in [2.75, 3.05) is 37.2 Å². The summed E-state index contributed by atoms with van der Waals surface area (Å²) in [6, 6.07) is 7.56. The number of hydrogen-bond acceptors (Lipinski definition) is 4. The van der Waals surface area contributed by atoms with Crippen molar-refractivity contribution in [3.63, 3.8) is 0 Å². The van der Waals surface area contributed by atoms with E-state index in [0.717, 1.165) is 18.7 Å². The Bertz CT molecular complexity index is 430. The summed E-state index contributed by atoms with van der Waals surface area (Å²) >= 11 is 0. The average Bonchev–Trinajstić information content (AvgIpc) is 2.88. The zero-order chi connectivity index (χ0) is 12.8. The Hall–Kier alpha value is -1.73. The molecular weight excluding hydrogens is 224 g/mol. The number of nitrogens with two attached hydrogens (primary N) is 1. The number of hydrogen-bond donors (Lipinski definition) is 2. The Labute approximate surface area is 108 Å². The van der Waals surface area contributed by atoms with Crippen LogP contribution in [-0.4, -0.2) is 31.1 Å². The van der Waals surface area contributed by atoms with E-state index in [1.807, 2.05) is 12.1 Å². The Morgan fingerprint density at radius 2 is 2.11 bits per heavy atom. The number of nitriles is 1. The Kier molecular flexibility index (Phi) is 4.43. The van der Waals surface area contributed by atoms with Crippen LogP contribution in [0.1, 0.15) is 24.8 Å². The highest BCUT2D eigenvalue weighted by Crippen LogP contribution is 2.17. The second-order valence-corrected chi connectivity index (χ2v) is 4.74. The number of nitrogens with zero attached hydrogens (tertiary/aromatic N) is 2. The molecule has 1 aromatic rings. The van der Waals surface area contributed by atoms with E-state index in [4.69, 9.17) is 11.0 Å². The monoisotopic (exact) mass is 244 g/mol. The van der Waals surface area contributed by atoms with Gasteiger partial charge < -0.3 is 16.0 Å². The van der Waals surface area contributed by atoms with Crippen LogP contribution in [0.3, 0.4) is 0 Å². The molecule has 0 saturated carbocycles. The van der Waals surface area contributed by atoms with Crippen molar-refractivity contribution in [1.29, 1.82) is 5.26 Å². The van der Waals surface area contributed by atoms with Crippen LogP contribution in [0, 0.1) is 11.3 Å². The van der Waals surface area contributed by atoms with E-state index >= 15 is 0 Å². The predicted molar refractivity (Wildman–Crippen MR) is 74.4 cm³/mol. The van der Waals surface area contributed by atoms with Crippen molar-refractivity contribution in [2.45, 2.75) is 19.3 Å². The molecule has 2 rings (SSSR count). The van der Waals surface area contributed by atoms with Gasteiger partial charge in [-0.15, -0.1) is 0 Å². The van der Waals surface area contributed by atoms with Gasteiger partial charge in [0.1, 0.15) is 6.07 Å². The summed E-state index contributed by atoms with van der Waals surface area (Å²) in [7, 11) is 0. The molecule has 3 N–H and O–H groups in total. The zero-order valence-corrected chi connectivity index (χ0v) is 10.7. The SMILES string of the molecule is N#Cc1ccc(NCCCN2CCCC2)cc1N. The lowest BCUT2D eigenvalue weighted by Crippen LogP contribution is -2.22. The summed E-state index contributed by atoms with van der Waals surface area (Å²) in [5.41, 5.74) is 7.84. The fourth-order valence-electron chi connectivity index (χ4n) is 2.32. The van der Waals surface area contributed by atoms with Crippen molar-refractivity contribution in [2.24, 2.45) is 0 Å². The third-order valence-corrected chi connectivity index (χ3v) is 3.35. The van der Waals surface area contributed by atoms with Crippen LogP contribution >= 0.6 is 0 Å². The highest BCUT2D eigenvalue weighted by molar-refractivity contribution is 5.62. The Morgan fingerprint density at radius 1 is 1.33 bits per heavy atom. The number of likely N-dealkylation sites (tertiary alicyclic amines) is 1. The van der Waals surface area contributed by atoms with Gasteiger partial charge in [0.05, 0.1) is 11.3 Å². The van der Waals surface area contributed by atoms with E-state index in [0.29, 0.717) is 11.3 Å². The second-order valence-electron chi connectivity index (χ2n) is 4.74. The Morgan fingerprint density at radius 3 is 2.78 bits per heavy atom.